The number of amides is 1. The maximum atomic E-state index is 12.5. The number of nitriles is 1. The summed E-state index contributed by atoms with van der Waals surface area (Å²) in [6.45, 7) is 1.77. The third-order valence-electron chi connectivity index (χ3n) is 3.57. The first-order chi connectivity index (χ1) is 12.3. The van der Waals surface area contributed by atoms with Gasteiger partial charge in [-0.15, -0.1) is 0 Å². The van der Waals surface area contributed by atoms with E-state index in [0.29, 0.717) is 30.8 Å². The lowest BCUT2D eigenvalue weighted by atomic mass is 10.1. The number of rotatable bonds is 4. The van der Waals surface area contributed by atoms with Crippen molar-refractivity contribution in [1.29, 1.82) is 5.26 Å². The van der Waals surface area contributed by atoms with Crippen LogP contribution in [0.25, 0.3) is 6.08 Å². The Morgan fingerprint density at radius 3 is 2.69 bits per heavy atom. The number of halogens is 3. The lowest BCUT2D eigenvalue weighted by Crippen LogP contribution is -2.14. The molecule has 0 bridgehead atoms. The predicted octanol–water partition coefficient (Wildman–Crippen LogP) is 5.43. The molecule has 2 rings (SSSR count). The lowest BCUT2D eigenvalue weighted by molar-refractivity contribution is -0.112. The number of nitrogens with one attached hydrogen (secondary N) is 1. The second-order valence-corrected chi connectivity index (χ2v) is 7.17. The van der Waals surface area contributed by atoms with Crippen molar-refractivity contribution in [3.05, 3.63) is 54.9 Å². The Balaban J connectivity index is 2.42. The zero-order valence-corrected chi connectivity index (χ0v) is 17.7. The number of phenols is 1. The fourth-order valence-corrected chi connectivity index (χ4v) is 3.12. The summed E-state index contributed by atoms with van der Waals surface area (Å²) in [5.74, 6) is -0.461. The largest absolute Gasteiger partial charge is 0.503 e. The van der Waals surface area contributed by atoms with Crippen molar-refractivity contribution < 1.29 is 14.6 Å². The Labute approximate surface area is 172 Å². The van der Waals surface area contributed by atoms with Gasteiger partial charge in [-0.1, -0.05) is 17.7 Å². The second-order valence-electron chi connectivity index (χ2n) is 5.18. The molecule has 0 saturated heterocycles. The number of hydrogen-bond donors (Lipinski definition) is 2. The van der Waals surface area contributed by atoms with Gasteiger partial charge >= 0.3 is 0 Å². The van der Waals surface area contributed by atoms with E-state index in [0.717, 1.165) is 0 Å². The standard InChI is InChI=1S/C18H13Br2ClN2O3/c1-9-12(21)4-3-5-13(9)23-18(25)11(8-22)6-10-7-14(26-2)17(24)16(20)15(10)19/h3-7,24H,1-2H3,(H,23,25). The minimum atomic E-state index is -0.576. The highest BCUT2D eigenvalue weighted by Gasteiger charge is 2.17. The quantitative estimate of drug-likeness (QED) is 0.433. The van der Waals surface area contributed by atoms with Crippen LogP contribution in [0.1, 0.15) is 11.1 Å². The summed E-state index contributed by atoms with van der Waals surface area (Å²) in [4.78, 5) is 12.5. The minimum Gasteiger partial charge on any atom is -0.503 e. The summed E-state index contributed by atoms with van der Waals surface area (Å²) in [5, 5.41) is 22.6. The summed E-state index contributed by atoms with van der Waals surface area (Å²) in [6.07, 6.45) is 1.39. The van der Waals surface area contributed by atoms with E-state index in [1.54, 1.807) is 25.1 Å². The van der Waals surface area contributed by atoms with Crippen molar-refractivity contribution in [3.8, 4) is 17.6 Å². The molecule has 5 nitrogen and oxygen atoms in total. The van der Waals surface area contributed by atoms with Crippen LogP contribution in [0.2, 0.25) is 5.02 Å². The van der Waals surface area contributed by atoms with Crippen molar-refractivity contribution >= 4 is 61.1 Å². The average molecular weight is 501 g/mol. The van der Waals surface area contributed by atoms with Crippen LogP contribution in [-0.2, 0) is 4.79 Å². The lowest BCUT2D eigenvalue weighted by Gasteiger charge is -2.11. The van der Waals surface area contributed by atoms with E-state index < -0.39 is 5.91 Å². The van der Waals surface area contributed by atoms with Crippen LogP contribution in [0.4, 0.5) is 5.69 Å². The number of hydrogen-bond acceptors (Lipinski definition) is 4. The predicted molar refractivity (Wildman–Crippen MR) is 108 cm³/mol. The molecule has 134 valence electrons. The fourth-order valence-electron chi connectivity index (χ4n) is 2.11. The zero-order valence-electron chi connectivity index (χ0n) is 13.7. The SMILES string of the molecule is COc1cc(C=C(C#N)C(=O)Nc2cccc(Cl)c2C)c(Br)c(Br)c1O. The Morgan fingerprint density at radius 1 is 1.38 bits per heavy atom. The van der Waals surface area contributed by atoms with Gasteiger partial charge in [-0.05, 0) is 74.2 Å². The summed E-state index contributed by atoms with van der Waals surface area (Å²) >= 11 is 12.6. The first-order valence-electron chi connectivity index (χ1n) is 7.23. The van der Waals surface area contributed by atoms with Crippen molar-refractivity contribution in [2.24, 2.45) is 0 Å². The summed E-state index contributed by atoms with van der Waals surface area (Å²) in [7, 11) is 1.41. The molecule has 8 heteroatoms. The topological polar surface area (TPSA) is 82.3 Å². The Bertz CT molecular complexity index is 952. The van der Waals surface area contributed by atoms with E-state index >= 15 is 0 Å². The molecule has 0 unspecified atom stereocenters. The number of ether oxygens (including phenoxy) is 1. The molecular formula is C18H13Br2ClN2O3. The monoisotopic (exact) mass is 498 g/mol. The highest BCUT2D eigenvalue weighted by atomic mass is 79.9. The number of anilines is 1. The van der Waals surface area contributed by atoms with E-state index in [-0.39, 0.29) is 17.1 Å². The van der Waals surface area contributed by atoms with E-state index in [1.165, 1.54) is 19.3 Å². The molecule has 0 aliphatic carbocycles. The molecule has 2 aromatic rings. The second kappa shape index (κ2) is 8.58. The van der Waals surface area contributed by atoms with Crippen molar-refractivity contribution in [1.82, 2.24) is 0 Å². The molecule has 1 amide bonds. The summed E-state index contributed by atoms with van der Waals surface area (Å²) < 4.78 is 5.93. The molecule has 0 spiro atoms. The van der Waals surface area contributed by atoms with Crippen LogP contribution in [0.3, 0.4) is 0 Å². The molecule has 0 aliphatic heterocycles. The van der Waals surface area contributed by atoms with Crippen molar-refractivity contribution in [3.63, 3.8) is 0 Å². The van der Waals surface area contributed by atoms with Gasteiger partial charge in [0.15, 0.2) is 11.5 Å². The molecule has 0 radical (unpaired) electrons. The Hall–Kier alpha value is -2.01. The molecule has 2 aromatic carbocycles. The van der Waals surface area contributed by atoms with E-state index in [4.69, 9.17) is 16.3 Å². The molecule has 2 N–H and O–H groups in total. The maximum absolute atomic E-state index is 12.5. The van der Waals surface area contributed by atoms with E-state index in [9.17, 15) is 15.2 Å². The van der Waals surface area contributed by atoms with Gasteiger partial charge in [-0.25, -0.2) is 0 Å². The van der Waals surface area contributed by atoms with Crippen LogP contribution in [0.5, 0.6) is 11.5 Å². The van der Waals surface area contributed by atoms with Gasteiger partial charge in [0.25, 0.3) is 5.91 Å². The number of carbonyl (C=O) groups is 1. The summed E-state index contributed by atoms with van der Waals surface area (Å²) in [6, 6.07) is 8.51. The van der Waals surface area contributed by atoms with Crippen LogP contribution in [0.15, 0.2) is 38.8 Å². The number of aromatic hydroxyl groups is 1. The molecule has 0 aliphatic rings. The normalized spacial score (nSPS) is 11.0. The third-order valence-corrected chi connectivity index (χ3v) is 6.14. The fraction of sp³-hybridized carbons (Fsp3) is 0.111. The van der Waals surface area contributed by atoms with E-state index in [2.05, 4.69) is 37.2 Å². The van der Waals surface area contributed by atoms with Crippen LogP contribution in [0, 0.1) is 18.3 Å². The molecule has 0 heterocycles. The number of phenolic OH excluding ortho intramolecular Hbond substituents is 1. The van der Waals surface area contributed by atoms with Crippen molar-refractivity contribution in [2.75, 3.05) is 12.4 Å². The van der Waals surface area contributed by atoms with Gasteiger partial charge in [0, 0.05) is 15.2 Å². The van der Waals surface area contributed by atoms with Gasteiger partial charge < -0.3 is 15.2 Å². The first kappa shape index (κ1) is 20.3. The zero-order chi connectivity index (χ0) is 19.4. The molecule has 0 fully saturated rings. The van der Waals surface area contributed by atoms with Gasteiger partial charge in [-0.3, -0.25) is 4.79 Å². The average Bonchev–Trinajstić information content (AvgIpc) is 2.63. The van der Waals surface area contributed by atoms with E-state index in [1.807, 2.05) is 6.07 Å². The van der Waals surface area contributed by atoms with Crippen LogP contribution < -0.4 is 10.1 Å². The Morgan fingerprint density at radius 2 is 2.08 bits per heavy atom. The van der Waals surface area contributed by atoms with Gasteiger partial charge in [-0.2, -0.15) is 5.26 Å². The van der Waals surface area contributed by atoms with Crippen LogP contribution in [-0.4, -0.2) is 18.1 Å². The maximum Gasteiger partial charge on any atom is 0.266 e. The highest BCUT2D eigenvalue weighted by Crippen LogP contribution is 2.42. The van der Waals surface area contributed by atoms with Crippen LogP contribution >= 0.6 is 43.5 Å². The number of carbonyl (C=O) groups excluding carboxylic acids is 1. The highest BCUT2D eigenvalue weighted by molar-refractivity contribution is 9.13. The summed E-state index contributed by atoms with van der Waals surface area (Å²) in [5.41, 5.74) is 1.59. The van der Waals surface area contributed by atoms with Gasteiger partial charge in [0.1, 0.15) is 11.6 Å². The molecular weight excluding hydrogens is 487 g/mol. The molecule has 26 heavy (non-hydrogen) atoms. The minimum absolute atomic E-state index is 0.0889. The smallest absolute Gasteiger partial charge is 0.266 e. The number of nitrogens with zero attached hydrogens (tertiary/aromatic N) is 1. The molecule has 0 atom stereocenters. The van der Waals surface area contributed by atoms with Crippen molar-refractivity contribution in [2.45, 2.75) is 6.92 Å². The van der Waals surface area contributed by atoms with Gasteiger partial charge in [0.2, 0.25) is 0 Å². The number of methoxy groups -OCH3 is 1. The third kappa shape index (κ3) is 4.21. The first-order valence-corrected chi connectivity index (χ1v) is 9.19. The van der Waals surface area contributed by atoms with Gasteiger partial charge in [0.05, 0.1) is 11.6 Å². The molecule has 0 aromatic heterocycles. The molecule has 0 saturated carbocycles. The number of benzene rings is 2. The Kier molecular flexibility index (Phi) is 6.70.